The molecule has 3 fully saturated rings. The number of nitrogens with one attached hydrogen (secondary N) is 2. The fourth-order valence-corrected chi connectivity index (χ4v) is 4.60. The average molecular weight is 427 g/mol. The van der Waals surface area contributed by atoms with Gasteiger partial charge in [0.1, 0.15) is 0 Å². The molecule has 7 nitrogen and oxygen atoms in total. The van der Waals surface area contributed by atoms with Gasteiger partial charge in [-0.3, -0.25) is 19.3 Å². The third-order valence-electron chi connectivity index (χ3n) is 6.64. The van der Waals surface area contributed by atoms with Crippen molar-refractivity contribution in [2.75, 3.05) is 38.0 Å². The van der Waals surface area contributed by atoms with E-state index in [0.717, 1.165) is 12.8 Å². The molecule has 1 aliphatic heterocycles. The number of piperazine rings is 1. The van der Waals surface area contributed by atoms with Gasteiger partial charge in [0.2, 0.25) is 11.8 Å². The van der Waals surface area contributed by atoms with Crippen LogP contribution in [-0.2, 0) is 9.59 Å². The second-order valence-corrected chi connectivity index (χ2v) is 9.21. The zero-order valence-electron chi connectivity index (χ0n) is 18.3. The van der Waals surface area contributed by atoms with Crippen LogP contribution in [0.3, 0.4) is 0 Å². The molecule has 0 spiro atoms. The summed E-state index contributed by atoms with van der Waals surface area (Å²) in [4.78, 5) is 41.7. The van der Waals surface area contributed by atoms with Crippen LogP contribution in [0.4, 0.5) is 5.69 Å². The van der Waals surface area contributed by atoms with Crippen molar-refractivity contribution in [2.45, 2.75) is 57.4 Å². The molecule has 3 amide bonds. The SMILES string of the molecule is O=C(CN1CCN(C(=O)CC2CCCCC2)CC1)Nc1ccccc1C(=O)NC1CC1. The van der Waals surface area contributed by atoms with E-state index in [4.69, 9.17) is 0 Å². The number of hydrogen-bond donors (Lipinski definition) is 2. The van der Waals surface area contributed by atoms with Crippen molar-refractivity contribution in [1.82, 2.24) is 15.1 Å². The average Bonchev–Trinajstić information content (AvgIpc) is 3.59. The van der Waals surface area contributed by atoms with Gasteiger partial charge in [0.15, 0.2) is 0 Å². The molecule has 31 heavy (non-hydrogen) atoms. The number of nitrogens with zero attached hydrogens (tertiary/aromatic N) is 2. The van der Waals surface area contributed by atoms with E-state index in [1.54, 1.807) is 18.2 Å². The Morgan fingerprint density at radius 3 is 2.32 bits per heavy atom. The molecule has 2 saturated carbocycles. The normalized spacial score (nSPS) is 20.3. The van der Waals surface area contributed by atoms with Gasteiger partial charge in [-0.05, 0) is 43.7 Å². The van der Waals surface area contributed by atoms with Crippen molar-refractivity contribution >= 4 is 23.4 Å². The van der Waals surface area contributed by atoms with E-state index in [9.17, 15) is 14.4 Å². The van der Waals surface area contributed by atoms with E-state index >= 15 is 0 Å². The minimum absolute atomic E-state index is 0.131. The molecule has 1 heterocycles. The molecule has 7 heteroatoms. The first-order chi connectivity index (χ1) is 15.1. The maximum Gasteiger partial charge on any atom is 0.253 e. The highest BCUT2D eigenvalue weighted by Gasteiger charge is 2.27. The summed E-state index contributed by atoms with van der Waals surface area (Å²) in [6.45, 7) is 3.03. The first-order valence-electron chi connectivity index (χ1n) is 11.8. The number of amides is 3. The molecule has 4 rings (SSSR count). The maximum atomic E-state index is 12.6. The summed E-state index contributed by atoms with van der Waals surface area (Å²) < 4.78 is 0. The van der Waals surface area contributed by atoms with Crippen molar-refractivity contribution in [2.24, 2.45) is 5.92 Å². The molecule has 0 aromatic heterocycles. The van der Waals surface area contributed by atoms with Gasteiger partial charge in [-0.15, -0.1) is 0 Å². The van der Waals surface area contributed by atoms with Crippen LogP contribution in [0.15, 0.2) is 24.3 Å². The van der Waals surface area contributed by atoms with E-state index in [2.05, 4.69) is 15.5 Å². The van der Waals surface area contributed by atoms with E-state index in [0.29, 0.717) is 49.8 Å². The Balaban J connectivity index is 1.22. The van der Waals surface area contributed by atoms with Crippen molar-refractivity contribution < 1.29 is 14.4 Å². The van der Waals surface area contributed by atoms with Crippen molar-refractivity contribution in [3.8, 4) is 0 Å². The number of carbonyl (C=O) groups excluding carboxylic acids is 3. The van der Waals surface area contributed by atoms with Gasteiger partial charge in [0, 0.05) is 38.6 Å². The summed E-state index contributed by atoms with van der Waals surface area (Å²) in [5, 5.41) is 5.87. The Labute approximate surface area is 184 Å². The molecule has 1 saturated heterocycles. The van der Waals surface area contributed by atoms with Gasteiger partial charge >= 0.3 is 0 Å². The van der Waals surface area contributed by atoms with E-state index < -0.39 is 0 Å². The van der Waals surface area contributed by atoms with Gasteiger partial charge in [-0.2, -0.15) is 0 Å². The number of para-hydroxylation sites is 1. The van der Waals surface area contributed by atoms with Crippen molar-refractivity contribution in [3.63, 3.8) is 0 Å². The molecular weight excluding hydrogens is 392 g/mol. The Morgan fingerprint density at radius 2 is 1.61 bits per heavy atom. The van der Waals surface area contributed by atoms with E-state index in [1.165, 1.54) is 32.1 Å². The van der Waals surface area contributed by atoms with Crippen LogP contribution >= 0.6 is 0 Å². The third kappa shape index (κ3) is 6.29. The van der Waals surface area contributed by atoms with E-state index in [-0.39, 0.29) is 30.3 Å². The van der Waals surface area contributed by atoms with Gasteiger partial charge in [0.25, 0.3) is 5.91 Å². The fraction of sp³-hybridized carbons (Fsp3) is 0.625. The van der Waals surface area contributed by atoms with Crippen LogP contribution in [0, 0.1) is 5.92 Å². The number of anilines is 1. The molecule has 2 aliphatic carbocycles. The van der Waals surface area contributed by atoms with Gasteiger partial charge in [-0.25, -0.2) is 0 Å². The minimum atomic E-state index is -0.136. The second kappa shape index (κ2) is 10.3. The fourth-order valence-electron chi connectivity index (χ4n) is 4.60. The van der Waals surface area contributed by atoms with Crippen LogP contribution in [0.5, 0.6) is 0 Å². The van der Waals surface area contributed by atoms with Crippen LogP contribution < -0.4 is 10.6 Å². The highest BCUT2D eigenvalue weighted by Crippen LogP contribution is 2.27. The minimum Gasteiger partial charge on any atom is -0.349 e. The van der Waals surface area contributed by atoms with Gasteiger partial charge < -0.3 is 15.5 Å². The quantitative estimate of drug-likeness (QED) is 0.702. The molecule has 0 unspecified atom stereocenters. The largest absolute Gasteiger partial charge is 0.349 e. The zero-order chi connectivity index (χ0) is 21.6. The van der Waals surface area contributed by atoms with Gasteiger partial charge in [0.05, 0.1) is 17.8 Å². The topological polar surface area (TPSA) is 81.8 Å². The first kappa shape index (κ1) is 21.8. The summed E-state index contributed by atoms with van der Waals surface area (Å²) >= 11 is 0. The molecule has 0 bridgehead atoms. The van der Waals surface area contributed by atoms with E-state index in [1.807, 2.05) is 11.0 Å². The molecule has 1 aromatic rings. The Morgan fingerprint density at radius 1 is 0.903 bits per heavy atom. The monoisotopic (exact) mass is 426 g/mol. The molecule has 0 atom stereocenters. The lowest BCUT2D eigenvalue weighted by Crippen LogP contribution is -2.50. The molecule has 2 N–H and O–H groups in total. The Hall–Kier alpha value is -2.41. The van der Waals surface area contributed by atoms with Crippen LogP contribution in [-0.4, -0.2) is 66.3 Å². The summed E-state index contributed by atoms with van der Waals surface area (Å²) in [7, 11) is 0. The van der Waals surface area contributed by atoms with Crippen LogP contribution in [0.1, 0.15) is 61.7 Å². The van der Waals surface area contributed by atoms with Crippen molar-refractivity contribution in [3.05, 3.63) is 29.8 Å². The molecule has 0 radical (unpaired) electrons. The third-order valence-corrected chi connectivity index (χ3v) is 6.64. The maximum absolute atomic E-state index is 12.6. The van der Waals surface area contributed by atoms with Gasteiger partial charge in [-0.1, -0.05) is 31.4 Å². The number of hydrogen-bond acceptors (Lipinski definition) is 4. The predicted molar refractivity (Wildman–Crippen MR) is 120 cm³/mol. The summed E-state index contributed by atoms with van der Waals surface area (Å²) in [5.74, 6) is 0.561. The lowest BCUT2D eigenvalue weighted by molar-refractivity contribution is -0.134. The van der Waals surface area contributed by atoms with Crippen LogP contribution in [0.25, 0.3) is 0 Å². The second-order valence-electron chi connectivity index (χ2n) is 9.21. The molecule has 1 aromatic carbocycles. The number of rotatable bonds is 7. The number of benzene rings is 1. The summed E-state index contributed by atoms with van der Waals surface area (Å²) in [6.07, 6.45) is 8.92. The first-order valence-corrected chi connectivity index (χ1v) is 11.8. The smallest absolute Gasteiger partial charge is 0.253 e. The Bertz CT molecular complexity index is 794. The predicted octanol–water partition coefficient (Wildman–Crippen LogP) is 2.63. The highest BCUT2D eigenvalue weighted by atomic mass is 16.2. The zero-order valence-corrected chi connectivity index (χ0v) is 18.3. The lowest BCUT2D eigenvalue weighted by Gasteiger charge is -2.35. The molecule has 3 aliphatic rings. The molecular formula is C24H34N4O3. The van der Waals surface area contributed by atoms with Crippen LogP contribution in [0.2, 0.25) is 0 Å². The number of carbonyl (C=O) groups is 3. The molecule has 168 valence electrons. The highest BCUT2D eigenvalue weighted by molar-refractivity contribution is 6.04. The summed E-state index contributed by atoms with van der Waals surface area (Å²) in [5.41, 5.74) is 1.05. The standard InChI is InChI=1S/C24H34N4O3/c29-22(26-21-9-5-4-8-20(21)24(31)25-19-10-11-19)17-27-12-14-28(15-13-27)23(30)16-18-6-2-1-3-7-18/h4-5,8-9,18-19H,1-3,6-7,10-17H2,(H,25,31)(H,26,29). The lowest BCUT2D eigenvalue weighted by atomic mass is 9.86. The Kier molecular flexibility index (Phi) is 7.22. The van der Waals surface area contributed by atoms with Crippen molar-refractivity contribution in [1.29, 1.82) is 0 Å². The summed E-state index contributed by atoms with van der Waals surface area (Å²) in [6, 6.07) is 7.40.